The second kappa shape index (κ2) is 13.2. The van der Waals surface area contributed by atoms with Crippen molar-refractivity contribution in [3.05, 3.63) is 54.3 Å². The first-order valence-corrected chi connectivity index (χ1v) is 11.3. The van der Waals surface area contributed by atoms with Crippen LogP contribution in [0.3, 0.4) is 0 Å². The van der Waals surface area contributed by atoms with Crippen LogP contribution < -0.4 is 15.6 Å². The lowest BCUT2D eigenvalue weighted by atomic mass is 10.0. The minimum absolute atomic E-state index is 0.0169. The van der Waals surface area contributed by atoms with Crippen molar-refractivity contribution in [1.29, 1.82) is 0 Å². The van der Waals surface area contributed by atoms with Gasteiger partial charge in [0.1, 0.15) is 5.75 Å². The molecule has 0 spiro atoms. The predicted octanol–water partition coefficient (Wildman–Crippen LogP) is 1.96. The van der Waals surface area contributed by atoms with E-state index in [0.29, 0.717) is 24.2 Å². The highest BCUT2D eigenvalue weighted by Gasteiger charge is 2.20. The molecule has 168 valence electrons. The van der Waals surface area contributed by atoms with Gasteiger partial charge < -0.3 is 25.6 Å². The molecule has 1 amide bonds. The standard InChI is InChI=1S/C20H32N3O6P/c1-3-5-6-10-22-14-18(24)16-7-8-19(29-30(26,27)28)17(13-16)15-23(11-4-2)12-9-20(21)25/h4,7-9,12-13,18,22,24H,2-3,5-6,10-11,14-15H2,1H3,(H2,21,25)(H2,26,27,28)/b12-9+. The largest absolute Gasteiger partial charge is 0.524 e. The number of nitrogens with two attached hydrogens (primary N) is 1. The Hall–Kier alpha value is -2.16. The fourth-order valence-electron chi connectivity index (χ4n) is 2.75. The molecule has 9 nitrogen and oxygen atoms in total. The van der Waals surface area contributed by atoms with Crippen LogP contribution in [0.5, 0.6) is 5.75 Å². The van der Waals surface area contributed by atoms with E-state index >= 15 is 0 Å². The number of phosphoric acid groups is 1. The molecule has 1 aromatic rings. The van der Waals surface area contributed by atoms with Crippen LogP contribution in [0.25, 0.3) is 0 Å². The molecule has 0 fully saturated rings. The number of nitrogens with zero attached hydrogens (tertiary/aromatic N) is 1. The average Bonchev–Trinajstić information content (AvgIpc) is 2.66. The highest BCUT2D eigenvalue weighted by molar-refractivity contribution is 7.46. The Morgan fingerprint density at radius 2 is 2.13 bits per heavy atom. The van der Waals surface area contributed by atoms with Gasteiger partial charge in [0.25, 0.3) is 0 Å². The van der Waals surface area contributed by atoms with E-state index in [-0.39, 0.29) is 12.3 Å². The predicted molar refractivity (Wildman–Crippen MR) is 115 cm³/mol. The summed E-state index contributed by atoms with van der Waals surface area (Å²) in [6, 6.07) is 4.59. The van der Waals surface area contributed by atoms with Crippen molar-refractivity contribution >= 4 is 13.7 Å². The van der Waals surface area contributed by atoms with Gasteiger partial charge in [0.05, 0.1) is 6.10 Å². The smallest absolute Gasteiger partial charge is 0.404 e. The molecule has 30 heavy (non-hydrogen) atoms. The van der Waals surface area contributed by atoms with Gasteiger partial charge in [-0.15, -0.1) is 6.58 Å². The second-order valence-electron chi connectivity index (χ2n) is 6.81. The summed E-state index contributed by atoms with van der Waals surface area (Å²) in [6.07, 6.45) is 6.68. The number of carbonyl (C=O) groups excluding carboxylic acids is 1. The number of nitrogens with one attached hydrogen (secondary N) is 1. The Morgan fingerprint density at radius 1 is 1.40 bits per heavy atom. The van der Waals surface area contributed by atoms with Crippen molar-refractivity contribution in [2.75, 3.05) is 19.6 Å². The zero-order valence-electron chi connectivity index (χ0n) is 17.2. The molecule has 0 heterocycles. The molecule has 0 saturated heterocycles. The van der Waals surface area contributed by atoms with Crippen LogP contribution in [0.1, 0.15) is 43.4 Å². The van der Waals surface area contributed by atoms with Crippen LogP contribution in [0, 0.1) is 0 Å². The molecule has 0 aromatic heterocycles. The number of phosphoric ester groups is 1. The number of amides is 1. The Bertz CT molecular complexity index is 765. The van der Waals surface area contributed by atoms with Crippen LogP contribution in [-0.4, -0.2) is 45.3 Å². The number of carbonyl (C=O) groups is 1. The number of aliphatic hydroxyl groups excluding tert-OH is 1. The van der Waals surface area contributed by atoms with E-state index in [1.807, 2.05) is 0 Å². The minimum Gasteiger partial charge on any atom is -0.404 e. The minimum atomic E-state index is -4.78. The van der Waals surface area contributed by atoms with E-state index in [1.165, 1.54) is 18.3 Å². The fourth-order valence-corrected chi connectivity index (χ4v) is 3.18. The van der Waals surface area contributed by atoms with E-state index in [0.717, 1.165) is 25.8 Å². The summed E-state index contributed by atoms with van der Waals surface area (Å²) in [7, 11) is -4.78. The summed E-state index contributed by atoms with van der Waals surface area (Å²) in [5.74, 6) is -0.647. The lowest BCUT2D eigenvalue weighted by Gasteiger charge is -2.22. The molecular formula is C20H32N3O6P. The Kier molecular flexibility index (Phi) is 11.4. The normalized spacial score (nSPS) is 12.7. The van der Waals surface area contributed by atoms with Crippen molar-refractivity contribution < 1.29 is 28.8 Å². The maximum absolute atomic E-state index is 11.3. The van der Waals surface area contributed by atoms with Crippen molar-refractivity contribution in [3.8, 4) is 5.75 Å². The molecule has 1 atom stereocenters. The third-order valence-corrected chi connectivity index (χ3v) is 4.60. The number of aliphatic hydroxyl groups is 1. The van der Waals surface area contributed by atoms with Gasteiger partial charge in [0.15, 0.2) is 0 Å². The molecule has 0 aliphatic carbocycles. The Labute approximate surface area is 177 Å². The maximum atomic E-state index is 11.3. The monoisotopic (exact) mass is 441 g/mol. The molecular weight excluding hydrogens is 409 g/mol. The van der Waals surface area contributed by atoms with E-state index in [9.17, 15) is 24.3 Å². The highest BCUT2D eigenvalue weighted by Crippen LogP contribution is 2.40. The van der Waals surface area contributed by atoms with Gasteiger partial charge in [-0.2, -0.15) is 0 Å². The maximum Gasteiger partial charge on any atom is 0.524 e. The Balaban J connectivity index is 3.05. The van der Waals surface area contributed by atoms with Crippen molar-refractivity contribution in [2.45, 2.75) is 38.8 Å². The zero-order chi connectivity index (χ0) is 22.6. The summed E-state index contributed by atoms with van der Waals surface area (Å²) in [5, 5.41) is 13.7. The summed E-state index contributed by atoms with van der Waals surface area (Å²) < 4.78 is 16.1. The third-order valence-electron chi connectivity index (χ3n) is 4.17. The molecule has 1 unspecified atom stereocenters. The van der Waals surface area contributed by atoms with Crippen LogP contribution in [0.4, 0.5) is 0 Å². The number of rotatable bonds is 15. The number of primary amides is 1. The molecule has 0 bridgehead atoms. The topological polar surface area (TPSA) is 145 Å². The average molecular weight is 441 g/mol. The Morgan fingerprint density at radius 3 is 2.73 bits per heavy atom. The summed E-state index contributed by atoms with van der Waals surface area (Å²) in [4.78, 5) is 31.1. The highest BCUT2D eigenvalue weighted by atomic mass is 31.2. The van der Waals surface area contributed by atoms with Gasteiger partial charge in [-0.25, -0.2) is 4.57 Å². The first-order valence-electron chi connectivity index (χ1n) is 9.75. The first kappa shape index (κ1) is 25.9. The molecule has 10 heteroatoms. The van der Waals surface area contributed by atoms with E-state index in [1.54, 1.807) is 23.1 Å². The van der Waals surface area contributed by atoms with Gasteiger partial charge >= 0.3 is 7.82 Å². The van der Waals surface area contributed by atoms with E-state index in [4.69, 9.17) is 10.3 Å². The van der Waals surface area contributed by atoms with Gasteiger partial charge in [-0.3, -0.25) is 14.6 Å². The second-order valence-corrected chi connectivity index (χ2v) is 7.98. The number of hydrogen-bond donors (Lipinski definition) is 5. The van der Waals surface area contributed by atoms with Crippen molar-refractivity contribution in [1.82, 2.24) is 10.2 Å². The third kappa shape index (κ3) is 10.6. The first-order chi connectivity index (χ1) is 14.2. The van der Waals surface area contributed by atoms with Crippen LogP contribution in [0.2, 0.25) is 0 Å². The molecule has 1 aromatic carbocycles. The lowest BCUT2D eigenvalue weighted by Crippen LogP contribution is -2.23. The lowest BCUT2D eigenvalue weighted by molar-refractivity contribution is -0.113. The van der Waals surface area contributed by atoms with Gasteiger partial charge in [-0.1, -0.05) is 31.9 Å². The van der Waals surface area contributed by atoms with Crippen LogP contribution >= 0.6 is 7.82 Å². The van der Waals surface area contributed by atoms with Crippen LogP contribution in [0.15, 0.2) is 43.1 Å². The molecule has 0 saturated carbocycles. The van der Waals surface area contributed by atoms with Crippen molar-refractivity contribution in [3.63, 3.8) is 0 Å². The molecule has 0 aliphatic heterocycles. The van der Waals surface area contributed by atoms with E-state index in [2.05, 4.69) is 18.8 Å². The van der Waals surface area contributed by atoms with Gasteiger partial charge in [-0.05, 0) is 30.7 Å². The summed E-state index contributed by atoms with van der Waals surface area (Å²) >= 11 is 0. The summed E-state index contributed by atoms with van der Waals surface area (Å²) in [5.41, 5.74) is 6.14. The molecule has 6 N–H and O–H groups in total. The number of benzene rings is 1. The fraction of sp³-hybridized carbons (Fsp3) is 0.450. The number of unbranched alkanes of at least 4 members (excludes halogenated alkanes) is 2. The molecule has 1 rings (SSSR count). The molecule has 0 aliphatic rings. The summed E-state index contributed by atoms with van der Waals surface area (Å²) in [6.45, 7) is 7.41. The van der Waals surface area contributed by atoms with E-state index < -0.39 is 19.8 Å². The quantitative estimate of drug-likeness (QED) is 0.120. The van der Waals surface area contributed by atoms with Crippen LogP contribution in [-0.2, 0) is 15.9 Å². The molecule has 0 radical (unpaired) electrons. The SMILES string of the molecule is C=CCN(/C=C/C(N)=O)Cc1cc(C(O)CNCCCCC)ccc1OP(=O)(O)O. The van der Waals surface area contributed by atoms with Gasteiger partial charge in [0.2, 0.25) is 5.91 Å². The zero-order valence-corrected chi connectivity index (χ0v) is 18.1. The number of hydrogen-bond acceptors (Lipinski definition) is 6. The van der Waals surface area contributed by atoms with Crippen molar-refractivity contribution in [2.24, 2.45) is 5.73 Å². The van der Waals surface area contributed by atoms with Gasteiger partial charge in [0, 0.05) is 37.5 Å².